The first-order valence-corrected chi connectivity index (χ1v) is 5.24. The van der Waals surface area contributed by atoms with Gasteiger partial charge >= 0.3 is 0 Å². The molecule has 4 nitrogen and oxygen atoms in total. The number of aromatic nitrogens is 1. The molecule has 0 radical (unpaired) electrons. The maximum atomic E-state index is 12.0. The number of likely N-dealkylation sites (tertiary alicyclic amines) is 1. The summed E-state index contributed by atoms with van der Waals surface area (Å²) in [5.41, 5.74) is 7.06. The van der Waals surface area contributed by atoms with Crippen LogP contribution in [-0.4, -0.2) is 28.9 Å². The molecule has 2 heterocycles. The summed E-state index contributed by atoms with van der Waals surface area (Å²) in [4.78, 5) is 17.9. The molecule has 0 aromatic carbocycles. The molecule has 1 aromatic rings. The maximum Gasteiger partial charge on any atom is 0.255 e. The number of hydrogen-bond acceptors (Lipinski definition) is 3. The van der Waals surface area contributed by atoms with Crippen molar-refractivity contribution in [1.82, 2.24) is 9.88 Å². The van der Waals surface area contributed by atoms with Gasteiger partial charge in [-0.15, -0.1) is 0 Å². The van der Waals surface area contributed by atoms with E-state index in [1.807, 2.05) is 11.0 Å². The van der Waals surface area contributed by atoms with E-state index < -0.39 is 0 Å². The minimum Gasteiger partial charge on any atom is -0.339 e. The van der Waals surface area contributed by atoms with Crippen LogP contribution in [0, 0.1) is 0 Å². The van der Waals surface area contributed by atoms with Crippen molar-refractivity contribution in [3.8, 4) is 0 Å². The summed E-state index contributed by atoms with van der Waals surface area (Å²) >= 11 is 0. The van der Waals surface area contributed by atoms with Crippen LogP contribution in [-0.2, 0) is 6.54 Å². The molecule has 0 spiro atoms. The van der Waals surface area contributed by atoms with Crippen LogP contribution in [0.1, 0.15) is 28.8 Å². The molecule has 80 valence electrons. The highest BCUT2D eigenvalue weighted by atomic mass is 16.2. The van der Waals surface area contributed by atoms with Crippen molar-refractivity contribution in [2.24, 2.45) is 5.73 Å². The molecule has 4 heteroatoms. The molecular formula is C11H15N3O. The average molecular weight is 205 g/mol. The van der Waals surface area contributed by atoms with Crippen molar-refractivity contribution >= 4 is 5.91 Å². The number of carbonyl (C=O) groups excluding carboxylic acids is 1. The first kappa shape index (κ1) is 10.1. The summed E-state index contributed by atoms with van der Waals surface area (Å²) in [6.07, 6.45) is 5.52. The highest BCUT2D eigenvalue weighted by Gasteiger charge is 2.19. The van der Waals surface area contributed by atoms with Crippen LogP contribution in [0.5, 0.6) is 0 Å². The molecule has 1 aliphatic heterocycles. The van der Waals surface area contributed by atoms with Gasteiger partial charge < -0.3 is 10.6 Å². The number of hydrogen-bond donors (Lipinski definition) is 1. The first-order chi connectivity index (χ1) is 7.31. The lowest BCUT2D eigenvalue weighted by atomic mass is 10.2. The molecule has 1 saturated heterocycles. The number of amides is 1. The molecular weight excluding hydrogens is 190 g/mol. The normalized spacial score (nSPS) is 15.7. The monoisotopic (exact) mass is 205 g/mol. The Kier molecular flexibility index (Phi) is 2.97. The Balaban J connectivity index is 2.17. The lowest BCUT2D eigenvalue weighted by molar-refractivity contribution is 0.0792. The molecule has 1 aliphatic rings. The van der Waals surface area contributed by atoms with E-state index in [4.69, 9.17) is 5.73 Å². The number of carbonyl (C=O) groups is 1. The Morgan fingerprint density at radius 1 is 1.40 bits per heavy atom. The predicted molar refractivity (Wildman–Crippen MR) is 57.3 cm³/mol. The average Bonchev–Trinajstić information content (AvgIpc) is 2.81. The van der Waals surface area contributed by atoms with Crippen LogP contribution in [0.15, 0.2) is 18.5 Å². The summed E-state index contributed by atoms with van der Waals surface area (Å²) in [7, 11) is 0. The third-order valence-corrected chi connectivity index (χ3v) is 2.67. The predicted octanol–water partition coefficient (Wildman–Crippen LogP) is 0.776. The van der Waals surface area contributed by atoms with E-state index in [-0.39, 0.29) is 5.91 Å². The second kappa shape index (κ2) is 4.40. The second-order valence-corrected chi connectivity index (χ2v) is 3.79. The van der Waals surface area contributed by atoms with Crippen molar-refractivity contribution in [2.75, 3.05) is 13.1 Å². The zero-order chi connectivity index (χ0) is 10.7. The summed E-state index contributed by atoms with van der Waals surface area (Å²) < 4.78 is 0. The van der Waals surface area contributed by atoms with Gasteiger partial charge in [0, 0.05) is 32.0 Å². The van der Waals surface area contributed by atoms with Gasteiger partial charge in [0.25, 0.3) is 5.91 Å². The van der Waals surface area contributed by atoms with E-state index in [1.165, 1.54) is 0 Å². The zero-order valence-corrected chi connectivity index (χ0v) is 8.65. The van der Waals surface area contributed by atoms with Crippen molar-refractivity contribution in [3.63, 3.8) is 0 Å². The van der Waals surface area contributed by atoms with E-state index in [0.29, 0.717) is 12.1 Å². The van der Waals surface area contributed by atoms with Gasteiger partial charge in [0.05, 0.1) is 5.56 Å². The van der Waals surface area contributed by atoms with E-state index in [9.17, 15) is 4.79 Å². The smallest absolute Gasteiger partial charge is 0.255 e. The van der Waals surface area contributed by atoms with Crippen LogP contribution in [0.4, 0.5) is 0 Å². The number of rotatable bonds is 2. The molecule has 0 atom stereocenters. The molecule has 0 unspecified atom stereocenters. The molecule has 0 bridgehead atoms. The Morgan fingerprint density at radius 3 is 2.80 bits per heavy atom. The Hall–Kier alpha value is -1.42. The SMILES string of the molecule is NCc1cncc(C(=O)N2CCCC2)c1. The Labute approximate surface area is 89.1 Å². The number of nitrogens with zero attached hydrogens (tertiary/aromatic N) is 2. The van der Waals surface area contributed by atoms with Gasteiger partial charge in [-0.1, -0.05) is 0 Å². The van der Waals surface area contributed by atoms with Crippen LogP contribution in [0.2, 0.25) is 0 Å². The van der Waals surface area contributed by atoms with Crippen molar-refractivity contribution in [1.29, 1.82) is 0 Å². The largest absolute Gasteiger partial charge is 0.339 e. The van der Waals surface area contributed by atoms with Gasteiger partial charge in [0.1, 0.15) is 0 Å². The van der Waals surface area contributed by atoms with Crippen molar-refractivity contribution in [3.05, 3.63) is 29.6 Å². The lowest BCUT2D eigenvalue weighted by Crippen LogP contribution is -2.27. The lowest BCUT2D eigenvalue weighted by Gasteiger charge is -2.15. The fraction of sp³-hybridized carbons (Fsp3) is 0.455. The maximum absolute atomic E-state index is 12.0. The minimum atomic E-state index is 0.0790. The fourth-order valence-corrected chi connectivity index (χ4v) is 1.82. The van der Waals surface area contributed by atoms with Gasteiger partial charge in [0.2, 0.25) is 0 Å². The van der Waals surface area contributed by atoms with Crippen LogP contribution in [0.25, 0.3) is 0 Å². The highest BCUT2D eigenvalue weighted by Crippen LogP contribution is 2.12. The fourth-order valence-electron chi connectivity index (χ4n) is 1.82. The zero-order valence-electron chi connectivity index (χ0n) is 8.65. The van der Waals surface area contributed by atoms with Gasteiger partial charge in [-0.25, -0.2) is 0 Å². The van der Waals surface area contributed by atoms with Gasteiger partial charge in [0.15, 0.2) is 0 Å². The molecule has 0 aliphatic carbocycles. The topological polar surface area (TPSA) is 59.2 Å². The molecule has 2 N–H and O–H groups in total. The van der Waals surface area contributed by atoms with Gasteiger partial charge in [-0.3, -0.25) is 9.78 Å². The molecule has 1 fully saturated rings. The van der Waals surface area contributed by atoms with E-state index >= 15 is 0 Å². The van der Waals surface area contributed by atoms with Crippen molar-refractivity contribution in [2.45, 2.75) is 19.4 Å². The summed E-state index contributed by atoms with van der Waals surface area (Å²) in [6.45, 7) is 2.16. The van der Waals surface area contributed by atoms with Gasteiger partial charge in [-0.05, 0) is 24.5 Å². The Bertz CT molecular complexity index is 359. The van der Waals surface area contributed by atoms with Crippen molar-refractivity contribution < 1.29 is 4.79 Å². The quantitative estimate of drug-likeness (QED) is 0.776. The van der Waals surface area contributed by atoms with E-state index in [0.717, 1.165) is 31.5 Å². The van der Waals surface area contributed by atoms with Crippen LogP contribution in [0.3, 0.4) is 0 Å². The third kappa shape index (κ3) is 2.15. The van der Waals surface area contributed by atoms with E-state index in [1.54, 1.807) is 12.4 Å². The number of nitrogens with two attached hydrogens (primary N) is 1. The third-order valence-electron chi connectivity index (χ3n) is 2.67. The van der Waals surface area contributed by atoms with Crippen LogP contribution >= 0.6 is 0 Å². The standard InChI is InChI=1S/C11H15N3O/c12-6-9-5-10(8-13-7-9)11(15)14-3-1-2-4-14/h5,7-8H,1-4,6,12H2. The van der Waals surface area contributed by atoms with Gasteiger partial charge in [-0.2, -0.15) is 0 Å². The number of pyridine rings is 1. The van der Waals surface area contributed by atoms with E-state index in [2.05, 4.69) is 4.98 Å². The Morgan fingerprint density at radius 2 is 2.13 bits per heavy atom. The highest BCUT2D eigenvalue weighted by molar-refractivity contribution is 5.94. The molecule has 0 saturated carbocycles. The molecule has 1 amide bonds. The second-order valence-electron chi connectivity index (χ2n) is 3.79. The summed E-state index contributed by atoms with van der Waals surface area (Å²) in [5.74, 6) is 0.0790. The minimum absolute atomic E-state index is 0.0790. The van der Waals surface area contributed by atoms with Crippen LogP contribution < -0.4 is 5.73 Å². The molecule has 15 heavy (non-hydrogen) atoms. The summed E-state index contributed by atoms with van der Waals surface area (Å²) in [6, 6.07) is 1.83. The summed E-state index contributed by atoms with van der Waals surface area (Å²) in [5, 5.41) is 0. The molecule has 2 rings (SSSR count). The molecule has 1 aromatic heterocycles. The first-order valence-electron chi connectivity index (χ1n) is 5.24.